The average Bonchev–Trinajstić information content (AvgIpc) is 3.39. The van der Waals surface area contributed by atoms with Crippen LogP contribution in [0.3, 0.4) is 0 Å². The summed E-state index contributed by atoms with van der Waals surface area (Å²) in [6.07, 6.45) is 7.86. The molecule has 0 unspecified atom stereocenters. The molecule has 2 heterocycles. The number of hydrogen-bond acceptors (Lipinski definition) is 3. The van der Waals surface area contributed by atoms with Gasteiger partial charge < -0.3 is 10.1 Å². The summed E-state index contributed by atoms with van der Waals surface area (Å²) < 4.78 is 14.9. The molecule has 2 aromatic carbocycles. The van der Waals surface area contributed by atoms with Crippen molar-refractivity contribution >= 4 is 0 Å². The fourth-order valence-corrected chi connectivity index (χ4v) is 4.52. The van der Waals surface area contributed by atoms with Crippen molar-refractivity contribution in [2.45, 2.75) is 38.5 Å². The minimum Gasteiger partial charge on any atom is -0.508 e. The average molecular weight is 417 g/mol. The van der Waals surface area contributed by atoms with Crippen molar-refractivity contribution in [3.63, 3.8) is 0 Å². The highest BCUT2D eigenvalue weighted by Crippen LogP contribution is 2.31. The highest BCUT2D eigenvalue weighted by Gasteiger charge is 2.23. The van der Waals surface area contributed by atoms with Gasteiger partial charge in [-0.3, -0.25) is 9.36 Å². The lowest BCUT2D eigenvalue weighted by Crippen LogP contribution is -2.18. The Balaban J connectivity index is 1.59. The molecule has 0 atom stereocenters. The lowest BCUT2D eigenvalue weighted by molar-refractivity contribution is 0.475. The van der Waals surface area contributed by atoms with Crippen LogP contribution in [0.2, 0.25) is 0 Å². The van der Waals surface area contributed by atoms with E-state index in [4.69, 9.17) is 4.98 Å². The highest BCUT2D eigenvalue weighted by molar-refractivity contribution is 5.61. The summed E-state index contributed by atoms with van der Waals surface area (Å²) in [7, 11) is 0. The number of hydrogen-bond donors (Lipinski definition) is 2. The number of imidazole rings is 1. The summed E-state index contributed by atoms with van der Waals surface area (Å²) in [5, 5.41) is 9.63. The van der Waals surface area contributed by atoms with Crippen molar-refractivity contribution in [3.05, 3.63) is 87.9 Å². The summed E-state index contributed by atoms with van der Waals surface area (Å²) in [5.41, 5.74) is 3.81. The van der Waals surface area contributed by atoms with Crippen LogP contribution >= 0.6 is 0 Å². The monoisotopic (exact) mass is 417 g/mol. The van der Waals surface area contributed by atoms with Gasteiger partial charge in [0, 0.05) is 12.6 Å². The Hall–Kier alpha value is -3.41. The molecule has 3 aliphatic rings. The molecule has 5 rings (SSSR count). The van der Waals surface area contributed by atoms with Crippen molar-refractivity contribution in [2.75, 3.05) is 0 Å². The van der Waals surface area contributed by atoms with Gasteiger partial charge in [0.05, 0.1) is 11.4 Å². The number of nitrogens with one attached hydrogen (secondary N) is 1. The third kappa shape index (κ3) is 3.98. The normalized spacial score (nSPS) is 14.5. The first-order chi connectivity index (χ1) is 15.1. The first-order valence-electron chi connectivity index (χ1n) is 10.7. The van der Waals surface area contributed by atoms with Gasteiger partial charge in [0.2, 0.25) is 0 Å². The van der Waals surface area contributed by atoms with Crippen LogP contribution in [-0.2, 0) is 12.8 Å². The Morgan fingerprint density at radius 1 is 1.06 bits per heavy atom. The van der Waals surface area contributed by atoms with Crippen molar-refractivity contribution < 1.29 is 9.50 Å². The van der Waals surface area contributed by atoms with Crippen molar-refractivity contribution in [1.29, 1.82) is 0 Å². The maximum absolute atomic E-state index is 13.2. The van der Waals surface area contributed by atoms with E-state index >= 15 is 0 Å². The lowest BCUT2D eigenvalue weighted by Gasteiger charge is -2.16. The molecule has 31 heavy (non-hydrogen) atoms. The predicted octanol–water partition coefficient (Wildman–Crippen LogP) is 4.83. The molecule has 0 spiro atoms. The lowest BCUT2D eigenvalue weighted by atomic mass is 10.0. The molecule has 0 aromatic heterocycles. The Kier molecular flexibility index (Phi) is 5.06. The molecule has 0 bridgehead atoms. The summed E-state index contributed by atoms with van der Waals surface area (Å²) in [6, 6.07) is 13.1. The third-order valence-corrected chi connectivity index (χ3v) is 6.18. The van der Waals surface area contributed by atoms with Crippen LogP contribution in [0.5, 0.6) is 5.75 Å². The van der Waals surface area contributed by atoms with Gasteiger partial charge >= 0.3 is 0 Å². The van der Waals surface area contributed by atoms with E-state index in [2.05, 4.69) is 4.98 Å². The highest BCUT2D eigenvalue weighted by atomic mass is 19.1. The molecule has 1 aliphatic carbocycles. The van der Waals surface area contributed by atoms with Crippen molar-refractivity contribution in [2.24, 2.45) is 5.92 Å². The summed E-state index contributed by atoms with van der Waals surface area (Å²) in [4.78, 5) is 21.4. The molecule has 0 radical (unpaired) electrons. The second-order valence-corrected chi connectivity index (χ2v) is 8.41. The predicted molar refractivity (Wildman–Crippen MR) is 117 cm³/mol. The Labute approximate surface area is 179 Å². The van der Waals surface area contributed by atoms with Gasteiger partial charge in [-0.25, -0.2) is 9.37 Å². The van der Waals surface area contributed by atoms with E-state index in [0.29, 0.717) is 23.9 Å². The van der Waals surface area contributed by atoms with E-state index in [1.54, 1.807) is 35.0 Å². The fourth-order valence-electron chi connectivity index (χ4n) is 4.52. The number of aromatic hydroxyl groups is 1. The molecule has 2 N–H and O–H groups in total. The van der Waals surface area contributed by atoms with Crippen LogP contribution in [0, 0.1) is 11.7 Å². The molecule has 0 amide bonds. The molecular formula is C25H24FN3O2. The number of aromatic amines is 1. The Bertz CT molecular complexity index is 1220. The van der Waals surface area contributed by atoms with Crippen LogP contribution in [-0.4, -0.2) is 19.6 Å². The van der Waals surface area contributed by atoms with Crippen molar-refractivity contribution in [3.8, 4) is 22.8 Å². The van der Waals surface area contributed by atoms with E-state index < -0.39 is 0 Å². The molecule has 2 aliphatic heterocycles. The summed E-state index contributed by atoms with van der Waals surface area (Å²) in [5.74, 6) is 1.15. The number of rotatable bonds is 5. The van der Waals surface area contributed by atoms with Crippen LogP contribution in [0.4, 0.5) is 4.39 Å². The maximum atomic E-state index is 13.2. The number of benzene rings is 2. The first kappa shape index (κ1) is 19.5. The molecule has 0 saturated heterocycles. The maximum Gasteiger partial charge on any atom is 0.278 e. The van der Waals surface area contributed by atoms with E-state index in [-0.39, 0.29) is 17.1 Å². The van der Waals surface area contributed by atoms with E-state index in [9.17, 15) is 14.3 Å². The van der Waals surface area contributed by atoms with Crippen LogP contribution in [0.25, 0.3) is 17.1 Å². The van der Waals surface area contributed by atoms with Crippen LogP contribution < -0.4 is 5.56 Å². The molecule has 2 aromatic rings. The molecular weight excluding hydrogens is 393 g/mol. The standard InChI is InChI=1S/C25H24FN3O2/c26-19-9-5-17(6-10-19)14-22-25(31)29-15-23(18-7-11-20(30)12-8-18)27-21(24(29)28-22)13-16-3-1-2-4-16/h5-12,15-16,27,30H,1-4,13-14H2. The topological polar surface area (TPSA) is 70.9 Å². The summed E-state index contributed by atoms with van der Waals surface area (Å²) in [6.45, 7) is 0. The van der Waals surface area contributed by atoms with E-state index in [1.807, 2.05) is 12.1 Å². The number of nitrogens with zero attached hydrogens (tertiary/aromatic N) is 2. The molecule has 1 saturated carbocycles. The smallest absolute Gasteiger partial charge is 0.278 e. The SMILES string of the molecule is O=c1c(Cc2ccc(F)cc2)nc2c(CC3CCCC3)[nH]c(-c3ccc(O)cc3)cn1-2. The van der Waals surface area contributed by atoms with Gasteiger partial charge in [-0.05, 0) is 59.9 Å². The molecule has 158 valence electrons. The quantitative estimate of drug-likeness (QED) is 0.488. The molecule has 5 nitrogen and oxygen atoms in total. The van der Waals surface area contributed by atoms with Crippen molar-refractivity contribution in [1.82, 2.24) is 14.5 Å². The number of halogens is 1. The Morgan fingerprint density at radius 2 is 1.77 bits per heavy atom. The van der Waals surface area contributed by atoms with E-state index in [1.165, 1.54) is 37.8 Å². The van der Waals surface area contributed by atoms with Gasteiger partial charge in [-0.2, -0.15) is 0 Å². The summed E-state index contributed by atoms with van der Waals surface area (Å²) >= 11 is 0. The number of aromatic nitrogens is 3. The second-order valence-electron chi connectivity index (χ2n) is 8.41. The van der Waals surface area contributed by atoms with Gasteiger partial charge in [0.25, 0.3) is 5.56 Å². The van der Waals surface area contributed by atoms with Crippen LogP contribution in [0.1, 0.15) is 42.6 Å². The zero-order chi connectivity index (χ0) is 21.4. The fraction of sp³-hybridized carbons (Fsp3) is 0.280. The Morgan fingerprint density at radius 3 is 2.48 bits per heavy atom. The van der Waals surface area contributed by atoms with Gasteiger partial charge in [0.15, 0.2) is 5.82 Å². The third-order valence-electron chi connectivity index (χ3n) is 6.18. The van der Waals surface area contributed by atoms with Gasteiger partial charge in [0.1, 0.15) is 17.3 Å². The van der Waals surface area contributed by atoms with Crippen LogP contribution in [0.15, 0.2) is 59.5 Å². The minimum absolute atomic E-state index is 0.152. The van der Waals surface area contributed by atoms with E-state index in [0.717, 1.165) is 28.9 Å². The van der Waals surface area contributed by atoms with Gasteiger partial charge in [-0.15, -0.1) is 0 Å². The first-order valence-corrected chi connectivity index (χ1v) is 10.7. The molecule has 6 heteroatoms. The minimum atomic E-state index is -0.298. The largest absolute Gasteiger partial charge is 0.508 e. The number of phenols is 1. The second kappa shape index (κ2) is 8.02. The molecule has 1 fully saturated rings. The number of phenolic OH excluding ortho intramolecular Hbond substituents is 1. The zero-order valence-electron chi connectivity index (χ0n) is 17.1. The number of H-pyrrole nitrogens is 1. The number of fused-ring (bicyclic) bond motifs is 1. The zero-order valence-corrected chi connectivity index (χ0v) is 17.1. The van der Waals surface area contributed by atoms with Gasteiger partial charge in [-0.1, -0.05) is 37.8 Å².